The quantitative estimate of drug-likeness (QED) is 0.873. The molecule has 0 fully saturated rings. The van der Waals surface area contributed by atoms with E-state index in [9.17, 15) is 0 Å². The van der Waals surface area contributed by atoms with E-state index in [4.69, 9.17) is 0 Å². The number of rotatable bonds is 6. The number of aromatic nitrogens is 1. The second-order valence-electron chi connectivity index (χ2n) is 5.10. The van der Waals surface area contributed by atoms with Crippen LogP contribution in [0.25, 0.3) is 0 Å². The maximum Gasteiger partial charge on any atom is 0.0427 e. The van der Waals surface area contributed by atoms with Crippen LogP contribution in [0.4, 0.5) is 5.69 Å². The Labute approximate surface area is 121 Å². The molecule has 3 nitrogen and oxygen atoms in total. The fourth-order valence-electron chi connectivity index (χ4n) is 2.23. The Bertz CT molecular complexity index is 537. The van der Waals surface area contributed by atoms with E-state index in [-0.39, 0.29) is 0 Å². The Morgan fingerprint density at radius 2 is 1.90 bits per heavy atom. The standard InChI is InChI=1S/C17H23N3/c1-4-18-12-16-5-6-17(11-14(16)2)20(3)13-15-7-9-19-10-8-15/h5-11,18H,4,12-13H2,1-3H3. The van der Waals surface area contributed by atoms with Crippen molar-refractivity contribution in [2.24, 2.45) is 0 Å². The van der Waals surface area contributed by atoms with Crippen LogP contribution in [0.1, 0.15) is 23.6 Å². The fourth-order valence-corrected chi connectivity index (χ4v) is 2.23. The number of hydrogen-bond acceptors (Lipinski definition) is 3. The summed E-state index contributed by atoms with van der Waals surface area (Å²) in [7, 11) is 2.12. The highest BCUT2D eigenvalue weighted by atomic mass is 15.1. The number of nitrogens with zero attached hydrogens (tertiary/aromatic N) is 2. The zero-order chi connectivity index (χ0) is 14.4. The summed E-state index contributed by atoms with van der Waals surface area (Å²) in [6, 6.07) is 10.8. The van der Waals surface area contributed by atoms with E-state index in [1.54, 1.807) is 0 Å². The molecular formula is C17H23N3. The maximum absolute atomic E-state index is 4.05. The molecule has 0 saturated heterocycles. The largest absolute Gasteiger partial charge is 0.370 e. The minimum atomic E-state index is 0.897. The van der Waals surface area contributed by atoms with Crippen LogP contribution in [0.3, 0.4) is 0 Å². The highest BCUT2D eigenvalue weighted by molar-refractivity contribution is 5.50. The van der Waals surface area contributed by atoms with E-state index in [2.05, 4.69) is 66.4 Å². The molecular weight excluding hydrogens is 246 g/mol. The lowest BCUT2D eigenvalue weighted by Gasteiger charge is -2.21. The molecule has 0 aliphatic heterocycles. The number of pyridine rings is 1. The molecule has 0 radical (unpaired) electrons. The lowest BCUT2D eigenvalue weighted by Crippen LogP contribution is -2.17. The first-order chi connectivity index (χ1) is 9.70. The molecule has 1 aromatic carbocycles. The van der Waals surface area contributed by atoms with Gasteiger partial charge in [-0.25, -0.2) is 0 Å². The van der Waals surface area contributed by atoms with Crippen LogP contribution in [-0.4, -0.2) is 18.6 Å². The van der Waals surface area contributed by atoms with Gasteiger partial charge in [0.15, 0.2) is 0 Å². The lowest BCUT2D eigenvalue weighted by atomic mass is 10.1. The lowest BCUT2D eigenvalue weighted by molar-refractivity contribution is 0.723. The molecule has 1 N–H and O–H groups in total. The van der Waals surface area contributed by atoms with Crippen molar-refractivity contribution in [2.75, 3.05) is 18.5 Å². The monoisotopic (exact) mass is 269 g/mol. The van der Waals surface area contributed by atoms with Gasteiger partial charge < -0.3 is 10.2 Å². The predicted molar refractivity (Wildman–Crippen MR) is 84.9 cm³/mol. The Kier molecular flexibility index (Phi) is 5.13. The molecule has 0 atom stereocenters. The van der Waals surface area contributed by atoms with Crippen LogP contribution < -0.4 is 10.2 Å². The van der Waals surface area contributed by atoms with Crippen LogP contribution >= 0.6 is 0 Å². The highest BCUT2D eigenvalue weighted by Crippen LogP contribution is 2.19. The van der Waals surface area contributed by atoms with Crippen molar-refractivity contribution in [3.8, 4) is 0 Å². The molecule has 0 bridgehead atoms. The summed E-state index contributed by atoms with van der Waals surface area (Å²) in [5.41, 5.74) is 5.23. The third-order valence-electron chi connectivity index (χ3n) is 3.50. The molecule has 3 heteroatoms. The van der Waals surface area contributed by atoms with Crippen molar-refractivity contribution < 1.29 is 0 Å². The van der Waals surface area contributed by atoms with Gasteiger partial charge in [-0.15, -0.1) is 0 Å². The first-order valence-corrected chi connectivity index (χ1v) is 7.11. The molecule has 0 unspecified atom stereocenters. The first kappa shape index (κ1) is 14.5. The molecule has 0 aliphatic rings. The number of anilines is 1. The van der Waals surface area contributed by atoms with Gasteiger partial charge in [0.25, 0.3) is 0 Å². The van der Waals surface area contributed by atoms with Crippen molar-refractivity contribution in [3.05, 3.63) is 59.4 Å². The number of aryl methyl sites for hydroxylation is 1. The van der Waals surface area contributed by atoms with Gasteiger partial charge in [-0.05, 0) is 54.4 Å². The van der Waals surface area contributed by atoms with E-state index in [1.807, 2.05) is 12.4 Å². The van der Waals surface area contributed by atoms with Crippen molar-refractivity contribution in [3.63, 3.8) is 0 Å². The third kappa shape index (κ3) is 3.81. The Balaban J connectivity index is 2.07. The first-order valence-electron chi connectivity index (χ1n) is 7.11. The van der Waals surface area contributed by atoms with Crippen molar-refractivity contribution >= 4 is 5.69 Å². The van der Waals surface area contributed by atoms with Crippen molar-refractivity contribution in [1.29, 1.82) is 0 Å². The van der Waals surface area contributed by atoms with Gasteiger partial charge in [0.1, 0.15) is 0 Å². The van der Waals surface area contributed by atoms with Gasteiger partial charge in [0, 0.05) is 38.2 Å². The number of benzene rings is 1. The molecule has 106 valence electrons. The molecule has 0 aliphatic carbocycles. The van der Waals surface area contributed by atoms with E-state index in [0.29, 0.717) is 0 Å². The summed E-state index contributed by atoms with van der Waals surface area (Å²) in [6.07, 6.45) is 3.68. The van der Waals surface area contributed by atoms with E-state index in [1.165, 1.54) is 22.4 Å². The minimum absolute atomic E-state index is 0.897. The smallest absolute Gasteiger partial charge is 0.0427 e. The molecule has 0 saturated carbocycles. The molecule has 20 heavy (non-hydrogen) atoms. The Hall–Kier alpha value is -1.87. The van der Waals surface area contributed by atoms with Crippen LogP contribution in [0, 0.1) is 6.92 Å². The van der Waals surface area contributed by atoms with Gasteiger partial charge in [0.05, 0.1) is 0 Å². The van der Waals surface area contributed by atoms with Gasteiger partial charge in [-0.2, -0.15) is 0 Å². The van der Waals surface area contributed by atoms with Crippen LogP contribution in [0.2, 0.25) is 0 Å². The molecule has 1 heterocycles. The van der Waals surface area contributed by atoms with Crippen LogP contribution in [0.5, 0.6) is 0 Å². The molecule has 2 rings (SSSR count). The average molecular weight is 269 g/mol. The van der Waals surface area contributed by atoms with Gasteiger partial charge in [0.2, 0.25) is 0 Å². The summed E-state index contributed by atoms with van der Waals surface area (Å²) in [5.74, 6) is 0. The fraction of sp³-hybridized carbons (Fsp3) is 0.353. The SMILES string of the molecule is CCNCc1ccc(N(C)Cc2ccncc2)cc1C. The summed E-state index contributed by atoms with van der Waals surface area (Å²) >= 11 is 0. The number of nitrogens with one attached hydrogen (secondary N) is 1. The average Bonchev–Trinajstić information content (AvgIpc) is 2.47. The van der Waals surface area contributed by atoms with Gasteiger partial charge in [-0.3, -0.25) is 4.98 Å². The van der Waals surface area contributed by atoms with Crippen LogP contribution in [0.15, 0.2) is 42.7 Å². The maximum atomic E-state index is 4.05. The van der Waals surface area contributed by atoms with Crippen molar-refractivity contribution in [1.82, 2.24) is 10.3 Å². The summed E-state index contributed by atoms with van der Waals surface area (Å²) in [5, 5.41) is 3.37. The van der Waals surface area contributed by atoms with Gasteiger partial charge >= 0.3 is 0 Å². The zero-order valence-electron chi connectivity index (χ0n) is 12.6. The summed E-state index contributed by atoms with van der Waals surface area (Å²) in [6.45, 7) is 7.15. The normalized spacial score (nSPS) is 10.6. The molecule has 2 aromatic rings. The Morgan fingerprint density at radius 3 is 2.55 bits per heavy atom. The van der Waals surface area contributed by atoms with E-state index in [0.717, 1.165) is 19.6 Å². The molecule has 0 amide bonds. The van der Waals surface area contributed by atoms with Crippen LogP contribution in [-0.2, 0) is 13.1 Å². The van der Waals surface area contributed by atoms with E-state index >= 15 is 0 Å². The second kappa shape index (κ2) is 7.06. The molecule has 1 aromatic heterocycles. The molecule has 0 spiro atoms. The second-order valence-corrected chi connectivity index (χ2v) is 5.10. The minimum Gasteiger partial charge on any atom is -0.370 e. The zero-order valence-corrected chi connectivity index (χ0v) is 12.6. The third-order valence-corrected chi connectivity index (χ3v) is 3.50. The predicted octanol–water partition coefficient (Wildman–Crippen LogP) is 3.14. The summed E-state index contributed by atoms with van der Waals surface area (Å²) < 4.78 is 0. The highest BCUT2D eigenvalue weighted by Gasteiger charge is 2.05. The van der Waals surface area contributed by atoms with E-state index < -0.39 is 0 Å². The summed E-state index contributed by atoms with van der Waals surface area (Å²) in [4.78, 5) is 6.32. The van der Waals surface area contributed by atoms with Gasteiger partial charge in [-0.1, -0.05) is 13.0 Å². The Morgan fingerprint density at radius 1 is 1.15 bits per heavy atom. The topological polar surface area (TPSA) is 28.2 Å². The van der Waals surface area contributed by atoms with Crippen molar-refractivity contribution in [2.45, 2.75) is 26.9 Å². The number of hydrogen-bond donors (Lipinski definition) is 1.